The maximum Gasteiger partial charge on any atom is 0.335 e. The van der Waals surface area contributed by atoms with Crippen molar-refractivity contribution < 1.29 is 50.6 Å². The van der Waals surface area contributed by atoms with E-state index in [4.69, 9.17) is 19.8 Å². The molecule has 0 radical (unpaired) electrons. The fraction of sp³-hybridized carbons (Fsp3) is 0.444. The highest BCUT2D eigenvalue weighted by Crippen LogP contribution is 2.48. The molecule has 4 aromatic carbocycles. The molecule has 0 saturated heterocycles. The molecule has 3 heterocycles. The molecule has 462 valence electrons. The van der Waals surface area contributed by atoms with E-state index >= 15 is 0 Å². The number of imidazole rings is 1. The summed E-state index contributed by atoms with van der Waals surface area (Å²) in [5.41, 5.74) is 8.93. The minimum atomic E-state index is -3.71. The number of carboxylic acids is 1. The molecule has 3 aromatic heterocycles. The molecule has 0 bridgehead atoms. The molecule has 2 saturated carbocycles. The quantitative estimate of drug-likeness (QED) is 0.0479. The number of aromatic nitrogens is 4. The smallest absolute Gasteiger partial charge is 0.335 e. The van der Waals surface area contributed by atoms with E-state index in [-0.39, 0.29) is 49.6 Å². The van der Waals surface area contributed by atoms with Crippen molar-refractivity contribution in [2.75, 3.05) is 67.6 Å². The number of rotatable bonds is 24. The molecule has 2 aliphatic rings. The van der Waals surface area contributed by atoms with Crippen LogP contribution in [0.1, 0.15) is 134 Å². The van der Waals surface area contributed by atoms with Crippen molar-refractivity contribution in [3.8, 4) is 34.0 Å². The van der Waals surface area contributed by atoms with Gasteiger partial charge in [-0.05, 0) is 123 Å². The summed E-state index contributed by atoms with van der Waals surface area (Å²) >= 11 is 0. The number of para-hydroxylation sites is 2. The number of unbranched alkanes of at least 4 members (excludes halogenated alkanes) is 2. The minimum absolute atomic E-state index is 0.128. The molecule has 7 aromatic rings. The zero-order valence-corrected chi connectivity index (χ0v) is 51.8. The van der Waals surface area contributed by atoms with Crippen molar-refractivity contribution in [3.05, 3.63) is 126 Å². The van der Waals surface area contributed by atoms with Crippen LogP contribution in [-0.4, -0.2) is 150 Å². The summed E-state index contributed by atoms with van der Waals surface area (Å²) in [7, 11) is 2.84. The first-order valence-corrected chi connectivity index (χ1v) is 32.5. The SMILES string of the molecule is CN(CCCCN(C)S(N)(=O)=O)C(=O)COc1ccccc1-c1c(C2CCCCC2)c2ccc(C(=O)O)cc2n1C.CN(CCCCN(C)S(N)(=O)=O)C(=O)COc1ccccc1-c1c(C2CCCCC2)c2ccc(C(=O)n3ccnc3)cc2n1C. The van der Waals surface area contributed by atoms with Crippen LogP contribution in [0.2, 0.25) is 0 Å². The van der Waals surface area contributed by atoms with Crippen LogP contribution in [0.5, 0.6) is 11.5 Å². The van der Waals surface area contributed by atoms with Crippen molar-refractivity contribution in [2.24, 2.45) is 24.4 Å². The standard InChI is InChI=1S/C33H42N6O5S.C30H40N4O6S/c1-36(18-9-10-19-37(2)45(34,42)43)30(40)22-44-29-14-8-7-13-27(29)32-31(24-11-5-4-6-12-24)26-16-15-25(21-28(26)38(32)3)33(41)39-20-17-35-23-39;1-32(17-9-10-18-33(2)41(31,38)39)27(35)20-40-26-14-8-7-13-24(26)29-28(21-11-5-4-6-12-21)23-16-15-22(30(36)37)19-25(23)34(29)3/h7-8,13-17,20-21,23-24H,4-6,9-12,18-19,22H2,1-3H3,(H2,34,42,43);7-8,13-16,19,21H,4-6,9-12,17-18,20H2,1-3H3,(H,36,37)(H2,31,38,39). The van der Waals surface area contributed by atoms with E-state index in [0.717, 1.165) is 91.5 Å². The zero-order chi connectivity index (χ0) is 61.9. The van der Waals surface area contributed by atoms with Gasteiger partial charge in [-0.1, -0.05) is 74.9 Å². The monoisotopic (exact) mass is 1220 g/mol. The molecule has 0 atom stereocenters. The fourth-order valence-corrected chi connectivity index (χ4v) is 12.7. The summed E-state index contributed by atoms with van der Waals surface area (Å²) < 4.78 is 65.6. The van der Waals surface area contributed by atoms with Gasteiger partial charge in [-0.15, -0.1) is 0 Å². The first kappa shape index (κ1) is 64.6. The van der Waals surface area contributed by atoms with Crippen molar-refractivity contribution in [2.45, 2.75) is 102 Å². The van der Waals surface area contributed by atoms with Crippen molar-refractivity contribution >= 4 is 65.9 Å². The van der Waals surface area contributed by atoms with E-state index in [1.54, 1.807) is 48.4 Å². The Morgan fingerprint density at radius 1 is 0.581 bits per heavy atom. The molecule has 23 heteroatoms. The number of nitrogens with two attached hydrogens (primary N) is 2. The molecule has 86 heavy (non-hydrogen) atoms. The number of likely N-dealkylation sites (N-methyl/N-ethyl adjacent to an activating group) is 2. The second-order valence-electron chi connectivity index (χ2n) is 22.7. The van der Waals surface area contributed by atoms with Gasteiger partial charge < -0.3 is 33.5 Å². The van der Waals surface area contributed by atoms with Crippen LogP contribution < -0.4 is 19.8 Å². The lowest BCUT2D eigenvalue weighted by atomic mass is 9.81. The first-order valence-electron chi connectivity index (χ1n) is 29.5. The van der Waals surface area contributed by atoms with Crippen LogP contribution >= 0.6 is 0 Å². The largest absolute Gasteiger partial charge is 0.483 e. The maximum atomic E-state index is 13.2. The normalized spacial score (nSPS) is 14.3. The Kier molecular flexibility index (Phi) is 21.7. The van der Waals surface area contributed by atoms with Crippen molar-refractivity contribution in [1.29, 1.82) is 0 Å². The summed E-state index contributed by atoms with van der Waals surface area (Å²) in [5.74, 6) is 0.481. The lowest BCUT2D eigenvalue weighted by Crippen LogP contribution is -2.35. The molecular weight excluding hydrogens is 1140 g/mol. The van der Waals surface area contributed by atoms with E-state index in [0.29, 0.717) is 67.7 Å². The van der Waals surface area contributed by atoms with Gasteiger partial charge in [0.1, 0.15) is 17.8 Å². The third-order valence-electron chi connectivity index (χ3n) is 16.9. The second kappa shape index (κ2) is 28.9. The topological polar surface area (TPSA) is 268 Å². The van der Waals surface area contributed by atoms with Gasteiger partial charge in [0.25, 0.3) is 38.1 Å². The number of hydrogen-bond acceptors (Lipinski definition) is 11. The van der Waals surface area contributed by atoms with Crippen LogP contribution in [0.25, 0.3) is 44.3 Å². The summed E-state index contributed by atoms with van der Waals surface area (Å²) in [6, 6.07) is 26.7. The maximum absolute atomic E-state index is 13.2. The third kappa shape index (κ3) is 15.6. The minimum Gasteiger partial charge on any atom is -0.483 e. The molecule has 0 spiro atoms. The number of benzene rings is 4. The van der Waals surface area contributed by atoms with Crippen LogP contribution in [0.15, 0.2) is 104 Å². The fourth-order valence-electron chi connectivity index (χ4n) is 11.9. The Hall–Kier alpha value is -7.41. The Morgan fingerprint density at radius 3 is 1.40 bits per heavy atom. The van der Waals surface area contributed by atoms with Gasteiger partial charge in [0.15, 0.2) is 13.2 Å². The molecule has 5 N–H and O–H groups in total. The van der Waals surface area contributed by atoms with Gasteiger partial charge >= 0.3 is 5.97 Å². The van der Waals surface area contributed by atoms with Crippen LogP contribution in [0.4, 0.5) is 0 Å². The lowest BCUT2D eigenvalue weighted by Gasteiger charge is -2.24. The van der Waals surface area contributed by atoms with E-state index in [2.05, 4.69) is 20.2 Å². The summed E-state index contributed by atoms with van der Waals surface area (Å²) in [4.78, 5) is 58.0. The number of carbonyl (C=O) groups excluding carboxylic acids is 3. The highest BCUT2D eigenvalue weighted by atomic mass is 32.2. The number of hydrogen-bond donors (Lipinski definition) is 3. The third-order valence-corrected chi connectivity index (χ3v) is 19.0. The molecule has 0 unspecified atom stereocenters. The average Bonchev–Trinajstić information content (AvgIpc) is 1.96. The Labute approximate surface area is 504 Å². The molecule has 2 amide bonds. The molecule has 2 fully saturated rings. The van der Waals surface area contributed by atoms with Gasteiger partial charge in [0.05, 0.1) is 17.0 Å². The Bertz CT molecular complexity index is 3760. The van der Waals surface area contributed by atoms with E-state index < -0.39 is 26.4 Å². The number of ether oxygens (including phenoxy) is 2. The number of fused-ring (bicyclic) bond motifs is 2. The average molecular weight is 1220 g/mol. The Morgan fingerprint density at radius 2 is 0.988 bits per heavy atom. The van der Waals surface area contributed by atoms with Crippen LogP contribution in [0.3, 0.4) is 0 Å². The van der Waals surface area contributed by atoms with Gasteiger partial charge in [0.2, 0.25) is 0 Å². The summed E-state index contributed by atoms with van der Waals surface area (Å²) in [6.45, 7) is 1.24. The number of amides is 2. The van der Waals surface area contributed by atoms with Crippen LogP contribution in [0, 0.1) is 0 Å². The molecule has 21 nitrogen and oxygen atoms in total. The van der Waals surface area contributed by atoms with Gasteiger partial charge in [0, 0.05) is 119 Å². The van der Waals surface area contributed by atoms with Gasteiger partial charge in [-0.3, -0.25) is 19.0 Å². The van der Waals surface area contributed by atoms with E-state index in [9.17, 15) is 41.1 Å². The zero-order valence-electron chi connectivity index (χ0n) is 50.2. The predicted molar refractivity (Wildman–Crippen MR) is 333 cm³/mol. The molecule has 0 aliphatic heterocycles. The van der Waals surface area contributed by atoms with Crippen molar-refractivity contribution in [3.63, 3.8) is 0 Å². The van der Waals surface area contributed by atoms with Gasteiger partial charge in [-0.2, -0.15) is 25.4 Å². The number of aromatic carboxylic acids is 1. The molecular formula is C63H82N10O11S2. The second-order valence-corrected chi connectivity index (χ2v) is 26.0. The van der Waals surface area contributed by atoms with Crippen molar-refractivity contribution in [1.82, 2.24) is 37.1 Å². The molecule has 2 aliphatic carbocycles. The Balaban J connectivity index is 0.000000225. The predicted octanol–water partition coefficient (Wildman–Crippen LogP) is 8.87. The van der Waals surface area contributed by atoms with Gasteiger partial charge in [-0.25, -0.2) is 20.1 Å². The lowest BCUT2D eigenvalue weighted by molar-refractivity contribution is -0.132. The summed E-state index contributed by atoms with van der Waals surface area (Å²) in [5, 5.41) is 22.0. The number of carboxylic acid groups (broad SMARTS) is 1. The first-order chi connectivity index (χ1) is 41.0. The number of nitrogens with zero attached hydrogens (tertiary/aromatic N) is 8. The highest BCUT2D eigenvalue weighted by molar-refractivity contribution is 7.87. The highest BCUT2D eigenvalue weighted by Gasteiger charge is 2.30. The summed E-state index contributed by atoms with van der Waals surface area (Å²) in [6.07, 6.45) is 18.6. The van der Waals surface area contributed by atoms with Crippen LogP contribution in [-0.2, 0) is 44.1 Å². The molecule has 9 rings (SSSR count). The van der Waals surface area contributed by atoms with E-state index in [1.165, 1.54) is 61.8 Å². The van der Waals surface area contributed by atoms with E-state index in [1.807, 2.05) is 80.8 Å². The number of aryl methyl sites for hydroxylation is 2. The number of carbonyl (C=O) groups is 4.